The molecule has 5 nitrogen and oxygen atoms in total. The van der Waals surface area contributed by atoms with Gasteiger partial charge in [-0.3, -0.25) is 0 Å². The lowest BCUT2D eigenvalue weighted by Gasteiger charge is -2.07. The molecule has 0 spiro atoms. The summed E-state index contributed by atoms with van der Waals surface area (Å²) in [6, 6.07) is 7.79. The Morgan fingerprint density at radius 3 is 2.50 bits per heavy atom. The smallest absolute Gasteiger partial charge is 0.182 e. The maximum absolute atomic E-state index is 8.96. The van der Waals surface area contributed by atoms with E-state index in [4.69, 9.17) is 5.11 Å². The Morgan fingerprint density at radius 2 is 1.94 bits per heavy atom. The topological polar surface area (TPSA) is 63.8 Å². The third-order valence-electron chi connectivity index (χ3n) is 2.38. The van der Waals surface area contributed by atoms with E-state index < -0.39 is 0 Å². The van der Waals surface area contributed by atoms with E-state index in [9.17, 15) is 0 Å². The van der Waals surface area contributed by atoms with Gasteiger partial charge < -0.3 is 5.11 Å². The number of benzene rings is 1. The van der Waals surface area contributed by atoms with Crippen LogP contribution in [0.25, 0.3) is 11.4 Å². The molecule has 0 fully saturated rings. The number of hydrogen-bond donors (Lipinski definition) is 1. The van der Waals surface area contributed by atoms with Gasteiger partial charge in [0.2, 0.25) is 0 Å². The predicted octanol–water partition coefficient (Wildman–Crippen LogP) is 1.41. The van der Waals surface area contributed by atoms with Crippen LogP contribution >= 0.6 is 0 Å². The molecule has 0 radical (unpaired) electrons. The van der Waals surface area contributed by atoms with Gasteiger partial charge in [-0.05, 0) is 29.8 Å². The highest BCUT2D eigenvalue weighted by Gasteiger charge is 2.10. The van der Waals surface area contributed by atoms with Gasteiger partial charge in [-0.15, -0.1) is 5.10 Å². The number of tetrazole rings is 1. The van der Waals surface area contributed by atoms with Crippen molar-refractivity contribution in [1.82, 2.24) is 20.2 Å². The summed E-state index contributed by atoms with van der Waals surface area (Å²) < 4.78 is 1.77. The van der Waals surface area contributed by atoms with Crippen LogP contribution < -0.4 is 0 Å². The Kier molecular flexibility index (Phi) is 2.96. The average Bonchev–Trinajstić information content (AvgIpc) is 2.78. The van der Waals surface area contributed by atoms with Crippen LogP contribution in [-0.4, -0.2) is 25.3 Å². The fourth-order valence-corrected chi connectivity index (χ4v) is 1.49. The van der Waals surface area contributed by atoms with Crippen LogP contribution in [0.3, 0.4) is 0 Å². The molecule has 1 aromatic heterocycles. The first-order valence-electron chi connectivity index (χ1n) is 5.20. The fraction of sp³-hybridized carbons (Fsp3) is 0.364. The fourth-order valence-electron chi connectivity index (χ4n) is 1.49. The summed E-state index contributed by atoms with van der Waals surface area (Å²) in [5.74, 6) is 0.750. The van der Waals surface area contributed by atoms with E-state index in [1.165, 1.54) is 0 Å². The lowest BCUT2D eigenvalue weighted by molar-refractivity contribution is 0.282. The number of aliphatic hydroxyl groups excluding tert-OH is 1. The third-order valence-corrected chi connectivity index (χ3v) is 2.38. The van der Waals surface area contributed by atoms with Crippen molar-refractivity contribution in [2.24, 2.45) is 0 Å². The van der Waals surface area contributed by atoms with Gasteiger partial charge in [0, 0.05) is 5.56 Å². The van der Waals surface area contributed by atoms with E-state index in [1.54, 1.807) is 4.68 Å². The molecule has 0 saturated carbocycles. The maximum atomic E-state index is 8.96. The summed E-state index contributed by atoms with van der Waals surface area (Å²) in [7, 11) is 0. The summed E-state index contributed by atoms with van der Waals surface area (Å²) in [6.07, 6.45) is 0. The second-order valence-corrected chi connectivity index (χ2v) is 3.90. The van der Waals surface area contributed by atoms with E-state index in [0.717, 1.165) is 17.0 Å². The van der Waals surface area contributed by atoms with Crippen molar-refractivity contribution >= 4 is 0 Å². The van der Waals surface area contributed by atoms with Gasteiger partial charge >= 0.3 is 0 Å². The summed E-state index contributed by atoms with van der Waals surface area (Å²) in [5, 5.41) is 20.6. The zero-order chi connectivity index (χ0) is 11.5. The first-order valence-corrected chi connectivity index (χ1v) is 5.20. The van der Waals surface area contributed by atoms with Gasteiger partial charge in [-0.25, -0.2) is 4.68 Å². The molecule has 0 atom stereocenters. The largest absolute Gasteiger partial charge is 0.392 e. The van der Waals surface area contributed by atoms with Crippen LogP contribution in [0.15, 0.2) is 24.3 Å². The molecule has 0 aliphatic heterocycles. The van der Waals surface area contributed by atoms with Crippen molar-refractivity contribution in [2.75, 3.05) is 0 Å². The molecule has 0 amide bonds. The van der Waals surface area contributed by atoms with Gasteiger partial charge in [-0.1, -0.05) is 24.3 Å². The quantitative estimate of drug-likeness (QED) is 0.846. The highest BCUT2D eigenvalue weighted by molar-refractivity contribution is 5.55. The van der Waals surface area contributed by atoms with E-state index in [-0.39, 0.29) is 12.6 Å². The van der Waals surface area contributed by atoms with Crippen LogP contribution in [0.4, 0.5) is 0 Å². The summed E-state index contributed by atoms with van der Waals surface area (Å²) in [4.78, 5) is 0. The van der Waals surface area contributed by atoms with Crippen LogP contribution in [0.2, 0.25) is 0 Å². The Labute approximate surface area is 93.7 Å². The standard InChI is InChI=1S/C11H14N4O/c1-8(2)15-11(12-13-14-15)10-5-3-9(7-16)4-6-10/h3-6,8,16H,7H2,1-2H3. The minimum absolute atomic E-state index is 0.0510. The first-order chi connectivity index (χ1) is 7.72. The van der Waals surface area contributed by atoms with E-state index in [1.807, 2.05) is 38.1 Å². The highest BCUT2D eigenvalue weighted by atomic mass is 16.3. The number of aromatic nitrogens is 4. The van der Waals surface area contributed by atoms with Crippen molar-refractivity contribution < 1.29 is 5.11 Å². The maximum Gasteiger partial charge on any atom is 0.182 e. The average molecular weight is 218 g/mol. The second-order valence-electron chi connectivity index (χ2n) is 3.90. The zero-order valence-electron chi connectivity index (χ0n) is 9.33. The summed E-state index contributed by atoms with van der Waals surface area (Å²) >= 11 is 0. The summed E-state index contributed by atoms with van der Waals surface area (Å²) in [5.41, 5.74) is 1.84. The monoisotopic (exact) mass is 218 g/mol. The molecule has 2 aromatic rings. The summed E-state index contributed by atoms with van der Waals surface area (Å²) in [6.45, 7) is 4.11. The minimum atomic E-state index is 0.0510. The third kappa shape index (κ3) is 1.94. The molecule has 0 aliphatic rings. The van der Waals surface area contributed by atoms with Crippen LogP contribution in [-0.2, 0) is 6.61 Å². The molecule has 0 bridgehead atoms. The van der Waals surface area contributed by atoms with Gasteiger partial charge in [0.15, 0.2) is 5.82 Å². The predicted molar refractivity (Wildman–Crippen MR) is 59.6 cm³/mol. The molecule has 0 unspecified atom stereocenters. The lowest BCUT2D eigenvalue weighted by Crippen LogP contribution is -2.05. The van der Waals surface area contributed by atoms with Crippen LogP contribution in [0.5, 0.6) is 0 Å². The molecule has 1 heterocycles. The molecule has 1 N–H and O–H groups in total. The minimum Gasteiger partial charge on any atom is -0.392 e. The number of aliphatic hydroxyl groups is 1. The van der Waals surface area contributed by atoms with Crippen molar-refractivity contribution in [1.29, 1.82) is 0 Å². The Morgan fingerprint density at radius 1 is 1.25 bits per heavy atom. The van der Waals surface area contributed by atoms with Gasteiger partial charge in [0.05, 0.1) is 12.6 Å². The first kappa shape index (κ1) is 10.8. The van der Waals surface area contributed by atoms with Crippen LogP contribution in [0.1, 0.15) is 25.5 Å². The number of rotatable bonds is 3. The zero-order valence-corrected chi connectivity index (χ0v) is 9.33. The molecule has 5 heteroatoms. The number of hydrogen-bond acceptors (Lipinski definition) is 4. The van der Waals surface area contributed by atoms with Crippen molar-refractivity contribution in [3.63, 3.8) is 0 Å². The Bertz CT molecular complexity index is 461. The Balaban J connectivity index is 2.38. The van der Waals surface area contributed by atoms with E-state index in [0.29, 0.717) is 0 Å². The van der Waals surface area contributed by atoms with Gasteiger partial charge in [0.1, 0.15) is 0 Å². The molecular formula is C11H14N4O. The normalized spacial score (nSPS) is 11.0. The Hall–Kier alpha value is -1.75. The molecule has 84 valence electrons. The van der Waals surface area contributed by atoms with Gasteiger partial charge in [-0.2, -0.15) is 0 Å². The van der Waals surface area contributed by atoms with Crippen molar-refractivity contribution in [3.8, 4) is 11.4 Å². The second kappa shape index (κ2) is 4.40. The van der Waals surface area contributed by atoms with E-state index >= 15 is 0 Å². The van der Waals surface area contributed by atoms with Gasteiger partial charge in [0.25, 0.3) is 0 Å². The molecule has 16 heavy (non-hydrogen) atoms. The highest BCUT2D eigenvalue weighted by Crippen LogP contribution is 2.19. The molecular weight excluding hydrogens is 204 g/mol. The molecule has 0 saturated heterocycles. The molecule has 0 aliphatic carbocycles. The van der Waals surface area contributed by atoms with Crippen LogP contribution in [0, 0.1) is 0 Å². The molecule has 2 rings (SSSR count). The SMILES string of the molecule is CC(C)n1nnnc1-c1ccc(CO)cc1. The van der Waals surface area contributed by atoms with E-state index in [2.05, 4.69) is 15.5 Å². The molecule has 1 aromatic carbocycles. The van der Waals surface area contributed by atoms with Crippen molar-refractivity contribution in [2.45, 2.75) is 26.5 Å². The number of nitrogens with zero attached hydrogens (tertiary/aromatic N) is 4. The van der Waals surface area contributed by atoms with Crippen molar-refractivity contribution in [3.05, 3.63) is 29.8 Å². The lowest BCUT2D eigenvalue weighted by atomic mass is 10.1.